The fourth-order valence-electron chi connectivity index (χ4n) is 7.24. The van der Waals surface area contributed by atoms with E-state index in [0.29, 0.717) is 41.1 Å². The van der Waals surface area contributed by atoms with Crippen LogP contribution in [0.5, 0.6) is 0 Å². The van der Waals surface area contributed by atoms with Gasteiger partial charge in [0.2, 0.25) is 0 Å². The van der Waals surface area contributed by atoms with Gasteiger partial charge in [0.25, 0.3) is 0 Å². The van der Waals surface area contributed by atoms with E-state index in [1.165, 1.54) is 27.1 Å². The van der Waals surface area contributed by atoms with Gasteiger partial charge in [-0.05, 0) is 52.6 Å². The minimum Gasteiger partial charge on any atom is -0.456 e. The molecule has 2 aliphatic rings. The van der Waals surface area contributed by atoms with Gasteiger partial charge in [-0.1, -0.05) is 77.9 Å². The molecule has 0 radical (unpaired) electrons. The fourth-order valence-corrected chi connectivity index (χ4v) is 9.62. The predicted octanol–water partition coefficient (Wildman–Crippen LogP) is 8.31. The molecule has 14 nitrogen and oxygen atoms in total. The monoisotopic (exact) mass is 833 g/mol. The summed E-state index contributed by atoms with van der Waals surface area (Å²) in [5.41, 5.74) is 2.25. The van der Waals surface area contributed by atoms with Crippen LogP contribution in [0.15, 0.2) is 49.1 Å². The largest absolute Gasteiger partial charge is 0.456 e. The zero-order valence-corrected chi connectivity index (χ0v) is 38.0. The van der Waals surface area contributed by atoms with Crippen LogP contribution in [0.25, 0.3) is 21.9 Å². The summed E-state index contributed by atoms with van der Waals surface area (Å²) in [6.07, 6.45) is -0.693. The molecule has 4 aromatic rings. The zero-order chi connectivity index (χ0) is 42.5. The summed E-state index contributed by atoms with van der Waals surface area (Å²) in [4.78, 5) is 52.0. The molecule has 1 aliphatic carbocycles. The second-order valence-electron chi connectivity index (χ2n) is 18.5. The highest BCUT2D eigenvalue weighted by atomic mass is 28.4. The molecule has 1 aliphatic heterocycles. The minimum absolute atomic E-state index is 0.00881. The average Bonchev–Trinajstić information content (AvgIpc) is 3.72. The summed E-state index contributed by atoms with van der Waals surface area (Å²) in [6.45, 7) is 26.6. The number of benzene rings is 2. The highest BCUT2D eigenvalue weighted by molar-refractivity contribution is 6.74. The summed E-state index contributed by atoms with van der Waals surface area (Å²) < 4.78 is 40.1. The SMILES string of the molecule is CC(=O)O[C@@H]1[C@H](OC(C)=O)[C@H](Nc2ncnc3c2ncn3[C@H]2C[C@H](O[Si](C)(C)C(C)(C)C)[C@@H](CO[Si](C)(C)C(C)(C)C)O2)c2c(ccc3ccccc23)[C@H]1OC(C)=O. The van der Waals surface area contributed by atoms with E-state index in [0.717, 1.165) is 10.8 Å². The Labute approximate surface area is 342 Å². The van der Waals surface area contributed by atoms with Gasteiger partial charge < -0.3 is 33.1 Å². The van der Waals surface area contributed by atoms with Gasteiger partial charge in [-0.25, -0.2) is 15.0 Å². The van der Waals surface area contributed by atoms with Gasteiger partial charge in [-0.15, -0.1) is 0 Å². The van der Waals surface area contributed by atoms with E-state index >= 15 is 0 Å². The Balaban J connectivity index is 1.41. The van der Waals surface area contributed by atoms with Gasteiger partial charge in [0.15, 0.2) is 51.9 Å². The third kappa shape index (κ3) is 8.71. The van der Waals surface area contributed by atoms with Gasteiger partial charge >= 0.3 is 17.9 Å². The topological polar surface area (TPSA) is 162 Å². The van der Waals surface area contributed by atoms with Crippen LogP contribution in [0.4, 0.5) is 5.82 Å². The fraction of sp³-hybridized carbons (Fsp3) is 0.571. The number of hydrogen-bond donors (Lipinski definition) is 1. The first-order valence-electron chi connectivity index (χ1n) is 19.9. The Morgan fingerprint density at radius 3 is 2.10 bits per heavy atom. The zero-order valence-electron chi connectivity index (χ0n) is 36.0. The second kappa shape index (κ2) is 16.1. The van der Waals surface area contributed by atoms with E-state index < -0.39 is 65.1 Å². The number of nitrogens with one attached hydrogen (secondary N) is 1. The van der Waals surface area contributed by atoms with E-state index in [2.05, 4.69) is 83.0 Å². The number of nitrogens with zero attached hydrogens (tertiary/aromatic N) is 4. The molecule has 1 fully saturated rings. The van der Waals surface area contributed by atoms with Crippen LogP contribution in [0.2, 0.25) is 36.3 Å². The average molecular weight is 834 g/mol. The van der Waals surface area contributed by atoms with Crippen LogP contribution in [0, 0.1) is 0 Å². The van der Waals surface area contributed by atoms with Gasteiger partial charge in [0, 0.05) is 32.8 Å². The molecule has 16 heteroatoms. The standard InChI is InChI=1S/C42H59N5O9Si2/c1-24(48)52-36-29-19-18-27-16-14-15-17-28(27)33(29)34(37(53-25(2)49)38(36)54-26(3)50)46-39-35-40(44-22-43-39)47(23-45-35)32-20-30(56-58(12,13)42(7,8)9)31(55-32)21-51-57(10,11)41(4,5)6/h14-19,22-23,30-32,34,36-38H,20-21H2,1-13H3,(H,43,44,46)/t30-,31+,32+,34+,36+,37+,38-/m0/s1. The molecule has 2 aromatic heterocycles. The lowest BCUT2D eigenvalue weighted by Crippen LogP contribution is -2.49. The lowest BCUT2D eigenvalue weighted by atomic mass is 9.78. The number of rotatable bonds is 11. The highest BCUT2D eigenvalue weighted by Gasteiger charge is 2.51. The van der Waals surface area contributed by atoms with Crippen LogP contribution in [0.3, 0.4) is 0 Å². The van der Waals surface area contributed by atoms with Crippen molar-refractivity contribution in [3.63, 3.8) is 0 Å². The van der Waals surface area contributed by atoms with Gasteiger partial charge in [-0.3, -0.25) is 19.0 Å². The van der Waals surface area contributed by atoms with E-state index in [9.17, 15) is 14.4 Å². The molecular formula is C42H59N5O9Si2. The van der Waals surface area contributed by atoms with E-state index in [1.807, 2.05) is 41.0 Å². The molecule has 0 amide bonds. The van der Waals surface area contributed by atoms with Gasteiger partial charge in [-0.2, -0.15) is 0 Å². The maximum Gasteiger partial charge on any atom is 0.303 e. The molecule has 1 N–H and O–H groups in total. The summed E-state index contributed by atoms with van der Waals surface area (Å²) in [5.74, 6) is -1.48. The van der Waals surface area contributed by atoms with E-state index in [4.69, 9.17) is 32.8 Å². The number of carbonyl (C=O) groups is 3. The number of hydrogen-bond acceptors (Lipinski definition) is 13. The van der Waals surface area contributed by atoms with Crippen molar-refractivity contribution in [3.05, 3.63) is 60.2 Å². The third-order valence-corrected chi connectivity index (χ3v) is 21.3. The van der Waals surface area contributed by atoms with E-state index in [-0.39, 0.29) is 22.3 Å². The first-order valence-corrected chi connectivity index (χ1v) is 25.7. The van der Waals surface area contributed by atoms with Gasteiger partial charge in [0.05, 0.1) is 25.1 Å². The van der Waals surface area contributed by atoms with E-state index in [1.54, 1.807) is 6.33 Å². The molecule has 0 bridgehead atoms. The van der Waals surface area contributed by atoms with Crippen molar-refractivity contribution in [1.29, 1.82) is 0 Å². The predicted molar refractivity (Wildman–Crippen MR) is 225 cm³/mol. The third-order valence-electron chi connectivity index (χ3n) is 12.3. The van der Waals surface area contributed by atoms with Crippen LogP contribution in [-0.2, 0) is 42.2 Å². The Kier molecular flexibility index (Phi) is 12.0. The molecule has 314 valence electrons. The number of aromatic nitrogens is 4. The summed E-state index contributed by atoms with van der Waals surface area (Å²) in [6, 6.07) is 10.6. The Hall–Kier alpha value is -4.23. The van der Waals surface area contributed by atoms with Crippen molar-refractivity contribution >= 4 is 62.3 Å². The van der Waals surface area contributed by atoms with Crippen molar-refractivity contribution < 1.29 is 42.2 Å². The Morgan fingerprint density at radius 2 is 1.47 bits per heavy atom. The number of esters is 3. The molecule has 0 unspecified atom stereocenters. The molecule has 0 saturated carbocycles. The Morgan fingerprint density at radius 1 is 0.828 bits per heavy atom. The second-order valence-corrected chi connectivity index (χ2v) is 28.1. The number of fused-ring (bicyclic) bond motifs is 4. The van der Waals surface area contributed by atoms with Crippen LogP contribution in [-0.4, -0.2) is 85.1 Å². The smallest absolute Gasteiger partial charge is 0.303 e. The normalized spacial score (nSPS) is 24.1. The summed E-state index contributed by atoms with van der Waals surface area (Å²) in [5, 5.41) is 5.26. The lowest BCUT2D eigenvalue weighted by Gasteiger charge is -2.42. The number of ether oxygens (including phenoxy) is 4. The summed E-state index contributed by atoms with van der Waals surface area (Å²) in [7, 11) is -4.30. The molecule has 58 heavy (non-hydrogen) atoms. The van der Waals surface area contributed by atoms with Crippen molar-refractivity contribution in [3.8, 4) is 0 Å². The van der Waals surface area contributed by atoms with Crippen LogP contribution in [0.1, 0.15) is 98.2 Å². The van der Waals surface area contributed by atoms with Crippen molar-refractivity contribution in [2.45, 2.75) is 148 Å². The molecule has 0 spiro atoms. The number of imidazole rings is 1. The number of carbonyl (C=O) groups excluding carboxylic acids is 3. The van der Waals surface area contributed by atoms with Crippen LogP contribution < -0.4 is 5.32 Å². The molecule has 6 rings (SSSR count). The molecule has 7 atom stereocenters. The lowest BCUT2D eigenvalue weighted by molar-refractivity contribution is -0.187. The van der Waals surface area contributed by atoms with Crippen molar-refractivity contribution in [2.75, 3.05) is 11.9 Å². The summed E-state index contributed by atoms with van der Waals surface area (Å²) >= 11 is 0. The minimum atomic E-state index is -2.20. The first-order chi connectivity index (χ1) is 27.0. The maximum absolute atomic E-state index is 12.8. The first kappa shape index (κ1) is 43.4. The Bertz CT molecular complexity index is 2180. The molecule has 3 heterocycles. The van der Waals surface area contributed by atoms with Gasteiger partial charge in [0.1, 0.15) is 18.7 Å². The van der Waals surface area contributed by atoms with Crippen molar-refractivity contribution in [2.24, 2.45) is 0 Å². The number of anilines is 1. The molecule has 2 aromatic carbocycles. The highest BCUT2D eigenvalue weighted by Crippen LogP contribution is 2.47. The quantitative estimate of drug-likeness (QED) is 0.0873. The van der Waals surface area contributed by atoms with Crippen LogP contribution >= 0.6 is 0 Å². The molecule has 1 saturated heterocycles. The maximum atomic E-state index is 12.8. The molecular weight excluding hydrogens is 775 g/mol. The van der Waals surface area contributed by atoms with Crippen molar-refractivity contribution in [1.82, 2.24) is 19.5 Å².